The van der Waals surface area contributed by atoms with Gasteiger partial charge >= 0.3 is 0 Å². The molecule has 1 N–H and O–H groups in total. The van der Waals surface area contributed by atoms with Gasteiger partial charge in [-0.15, -0.1) is 0 Å². The van der Waals surface area contributed by atoms with Gasteiger partial charge in [0.05, 0.1) is 11.6 Å². The minimum atomic E-state index is -0.452. The number of aryl methyl sites for hydroxylation is 1. The monoisotopic (exact) mass is 277 g/mol. The van der Waals surface area contributed by atoms with Gasteiger partial charge in [0.25, 0.3) is 0 Å². The number of nitrogens with zero attached hydrogens (tertiary/aromatic N) is 1. The number of rotatable bonds is 5. The third-order valence-electron chi connectivity index (χ3n) is 3.81. The lowest BCUT2D eigenvalue weighted by Crippen LogP contribution is -2.00. The van der Waals surface area contributed by atoms with Crippen LogP contribution in [0.2, 0.25) is 0 Å². The first-order valence-electron chi connectivity index (χ1n) is 7.40. The summed E-state index contributed by atoms with van der Waals surface area (Å²) in [7, 11) is 0. The summed E-state index contributed by atoms with van der Waals surface area (Å²) in [5.74, 6) is 0. The number of hydrogen-bond donors (Lipinski definition) is 1. The summed E-state index contributed by atoms with van der Waals surface area (Å²) < 4.78 is 0. The van der Waals surface area contributed by atoms with Crippen molar-refractivity contribution in [2.24, 2.45) is 0 Å². The molecule has 0 radical (unpaired) electrons. The van der Waals surface area contributed by atoms with Gasteiger partial charge < -0.3 is 5.11 Å². The smallest absolute Gasteiger partial charge is 0.0811 e. The number of benzene rings is 2. The van der Waals surface area contributed by atoms with Crippen molar-refractivity contribution in [3.8, 4) is 0 Å². The Hall–Kier alpha value is -2.19. The van der Waals surface area contributed by atoms with Crippen LogP contribution in [0.4, 0.5) is 0 Å². The maximum absolute atomic E-state index is 10.5. The van der Waals surface area contributed by atoms with E-state index in [0.29, 0.717) is 0 Å². The van der Waals surface area contributed by atoms with Gasteiger partial charge in [0.1, 0.15) is 0 Å². The van der Waals surface area contributed by atoms with Gasteiger partial charge in [-0.1, -0.05) is 54.6 Å². The summed E-state index contributed by atoms with van der Waals surface area (Å²) in [6.45, 7) is 0. The highest BCUT2D eigenvalue weighted by Crippen LogP contribution is 2.25. The van der Waals surface area contributed by atoms with Crippen molar-refractivity contribution in [2.75, 3.05) is 0 Å². The molecule has 1 heterocycles. The van der Waals surface area contributed by atoms with Crippen LogP contribution >= 0.6 is 0 Å². The Morgan fingerprint density at radius 1 is 0.905 bits per heavy atom. The van der Waals surface area contributed by atoms with Gasteiger partial charge in [0.15, 0.2) is 0 Å². The maximum Gasteiger partial charge on any atom is 0.0811 e. The molecule has 1 unspecified atom stereocenters. The van der Waals surface area contributed by atoms with E-state index in [-0.39, 0.29) is 0 Å². The molecule has 0 bridgehead atoms. The van der Waals surface area contributed by atoms with Crippen LogP contribution in [-0.4, -0.2) is 10.1 Å². The van der Waals surface area contributed by atoms with Gasteiger partial charge in [-0.25, -0.2) is 0 Å². The predicted molar refractivity (Wildman–Crippen MR) is 86.1 cm³/mol. The molecule has 2 aromatic carbocycles. The highest BCUT2D eigenvalue weighted by molar-refractivity contribution is 5.81. The Labute approximate surface area is 125 Å². The largest absolute Gasteiger partial charge is 0.388 e. The second-order valence-electron chi connectivity index (χ2n) is 5.32. The molecule has 0 fully saturated rings. The average molecular weight is 277 g/mol. The third-order valence-corrected chi connectivity index (χ3v) is 3.81. The first kappa shape index (κ1) is 13.8. The number of para-hydroxylation sites is 1. The number of pyridine rings is 1. The molecular weight excluding hydrogens is 258 g/mol. The number of aliphatic hydroxyl groups excluding tert-OH is 1. The van der Waals surface area contributed by atoms with Crippen LogP contribution in [0.1, 0.15) is 30.1 Å². The molecule has 2 nitrogen and oxygen atoms in total. The molecule has 106 valence electrons. The molecular formula is C19H19NO. The molecule has 0 spiro atoms. The molecule has 0 aliphatic rings. The Kier molecular flexibility index (Phi) is 4.27. The van der Waals surface area contributed by atoms with E-state index in [4.69, 9.17) is 0 Å². The number of fused-ring (bicyclic) bond motifs is 1. The SMILES string of the molecule is OC(CCCc1ccccc1)c1cccc2cccnc12. The van der Waals surface area contributed by atoms with E-state index in [9.17, 15) is 5.11 Å². The van der Waals surface area contributed by atoms with Crippen LogP contribution < -0.4 is 0 Å². The standard InChI is InChI=1S/C19H19NO/c21-18(13-4-9-15-7-2-1-3-8-15)17-12-5-10-16-11-6-14-20-19(16)17/h1-3,5-8,10-12,14,18,21H,4,9,13H2. The normalized spacial score (nSPS) is 12.4. The maximum atomic E-state index is 10.5. The van der Waals surface area contributed by atoms with E-state index in [1.54, 1.807) is 6.20 Å². The number of hydrogen-bond acceptors (Lipinski definition) is 2. The molecule has 2 heteroatoms. The van der Waals surface area contributed by atoms with Crippen molar-refractivity contribution < 1.29 is 5.11 Å². The topological polar surface area (TPSA) is 33.1 Å². The van der Waals surface area contributed by atoms with E-state index in [1.165, 1.54) is 5.56 Å². The zero-order valence-electron chi connectivity index (χ0n) is 11.9. The van der Waals surface area contributed by atoms with Crippen LogP contribution in [0, 0.1) is 0 Å². The first-order valence-corrected chi connectivity index (χ1v) is 7.40. The summed E-state index contributed by atoms with van der Waals surface area (Å²) in [4.78, 5) is 4.41. The summed E-state index contributed by atoms with van der Waals surface area (Å²) in [6.07, 6.45) is 4.05. The van der Waals surface area contributed by atoms with Gasteiger partial charge in [-0.2, -0.15) is 0 Å². The van der Waals surface area contributed by atoms with Crippen LogP contribution in [0.15, 0.2) is 66.9 Å². The molecule has 1 atom stereocenters. The molecule has 0 aliphatic heterocycles. The quantitative estimate of drug-likeness (QED) is 0.754. The Balaban J connectivity index is 1.68. The second kappa shape index (κ2) is 6.51. The zero-order valence-corrected chi connectivity index (χ0v) is 11.9. The molecule has 3 rings (SSSR count). The van der Waals surface area contributed by atoms with E-state index >= 15 is 0 Å². The molecule has 0 saturated heterocycles. The van der Waals surface area contributed by atoms with E-state index in [0.717, 1.165) is 35.7 Å². The highest BCUT2D eigenvalue weighted by atomic mass is 16.3. The lowest BCUT2D eigenvalue weighted by Gasteiger charge is -2.13. The summed E-state index contributed by atoms with van der Waals surface area (Å²) in [5.41, 5.74) is 3.16. The Morgan fingerprint density at radius 2 is 1.71 bits per heavy atom. The molecule has 0 saturated carbocycles. The zero-order chi connectivity index (χ0) is 14.5. The van der Waals surface area contributed by atoms with Crippen LogP contribution in [0.25, 0.3) is 10.9 Å². The average Bonchev–Trinajstić information content (AvgIpc) is 2.55. The fourth-order valence-corrected chi connectivity index (χ4v) is 2.70. The predicted octanol–water partition coefficient (Wildman–Crippen LogP) is 4.29. The van der Waals surface area contributed by atoms with Crippen LogP contribution in [0.3, 0.4) is 0 Å². The molecule has 3 aromatic rings. The Morgan fingerprint density at radius 3 is 2.57 bits per heavy atom. The highest BCUT2D eigenvalue weighted by Gasteiger charge is 2.11. The fraction of sp³-hybridized carbons (Fsp3) is 0.211. The van der Waals surface area contributed by atoms with Gasteiger partial charge in [0, 0.05) is 17.1 Å². The summed E-state index contributed by atoms with van der Waals surface area (Å²) >= 11 is 0. The van der Waals surface area contributed by atoms with Crippen molar-refractivity contribution in [2.45, 2.75) is 25.4 Å². The van der Waals surface area contributed by atoms with Crippen molar-refractivity contribution >= 4 is 10.9 Å². The minimum Gasteiger partial charge on any atom is -0.388 e. The van der Waals surface area contributed by atoms with E-state index < -0.39 is 6.10 Å². The van der Waals surface area contributed by atoms with E-state index in [2.05, 4.69) is 29.2 Å². The number of aromatic nitrogens is 1. The van der Waals surface area contributed by atoms with Crippen LogP contribution in [0.5, 0.6) is 0 Å². The lowest BCUT2D eigenvalue weighted by atomic mass is 9.99. The number of aliphatic hydroxyl groups is 1. The Bertz CT molecular complexity index is 704. The van der Waals surface area contributed by atoms with Gasteiger partial charge in [-0.05, 0) is 30.9 Å². The van der Waals surface area contributed by atoms with Crippen LogP contribution in [-0.2, 0) is 6.42 Å². The molecule has 1 aromatic heterocycles. The first-order chi connectivity index (χ1) is 10.3. The second-order valence-corrected chi connectivity index (χ2v) is 5.32. The van der Waals surface area contributed by atoms with Crippen molar-refractivity contribution in [3.63, 3.8) is 0 Å². The minimum absolute atomic E-state index is 0.452. The van der Waals surface area contributed by atoms with E-state index in [1.807, 2.05) is 36.4 Å². The summed E-state index contributed by atoms with van der Waals surface area (Å²) in [6, 6.07) is 20.3. The molecule has 21 heavy (non-hydrogen) atoms. The van der Waals surface area contributed by atoms with Gasteiger partial charge in [-0.3, -0.25) is 4.98 Å². The molecule has 0 amide bonds. The fourth-order valence-electron chi connectivity index (χ4n) is 2.70. The van der Waals surface area contributed by atoms with Crippen molar-refractivity contribution in [1.29, 1.82) is 0 Å². The molecule has 0 aliphatic carbocycles. The third kappa shape index (κ3) is 3.29. The van der Waals surface area contributed by atoms with Crippen molar-refractivity contribution in [1.82, 2.24) is 4.98 Å². The van der Waals surface area contributed by atoms with Gasteiger partial charge in [0.2, 0.25) is 0 Å². The summed E-state index contributed by atoms with van der Waals surface area (Å²) in [5, 5.41) is 11.5. The lowest BCUT2D eigenvalue weighted by molar-refractivity contribution is 0.166. The van der Waals surface area contributed by atoms with Crippen molar-refractivity contribution in [3.05, 3.63) is 78.0 Å².